The maximum absolute atomic E-state index is 13.9. The first-order valence-electron chi connectivity index (χ1n) is 11.8. The Balaban J connectivity index is 1.42. The second-order valence-electron chi connectivity index (χ2n) is 8.69. The molecule has 0 bridgehead atoms. The van der Waals surface area contributed by atoms with Gasteiger partial charge in [0, 0.05) is 17.8 Å². The van der Waals surface area contributed by atoms with Crippen LogP contribution in [-0.4, -0.2) is 53.3 Å². The Labute approximate surface area is 211 Å². The first-order valence-corrected chi connectivity index (χ1v) is 11.8. The van der Waals surface area contributed by atoms with Crippen LogP contribution in [0.2, 0.25) is 0 Å². The number of aromatic amines is 1. The Morgan fingerprint density at radius 3 is 2.59 bits per heavy atom. The largest absolute Gasteiger partial charge is 0.493 e. The van der Waals surface area contributed by atoms with Gasteiger partial charge in [0.1, 0.15) is 11.4 Å². The normalized spacial score (nSPS) is 17.5. The lowest BCUT2D eigenvalue weighted by Gasteiger charge is -2.29. The minimum Gasteiger partial charge on any atom is -0.493 e. The maximum Gasteiger partial charge on any atom is 0.198 e. The number of aromatic nitrogens is 2. The maximum atomic E-state index is 13.9. The molecule has 2 atom stereocenters. The van der Waals surface area contributed by atoms with Crippen molar-refractivity contribution in [2.45, 2.75) is 25.0 Å². The van der Waals surface area contributed by atoms with Crippen LogP contribution in [0.4, 0.5) is 14.5 Å². The van der Waals surface area contributed by atoms with Gasteiger partial charge in [-0.2, -0.15) is 0 Å². The first kappa shape index (κ1) is 24.7. The van der Waals surface area contributed by atoms with E-state index in [-0.39, 0.29) is 30.3 Å². The van der Waals surface area contributed by atoms with E-state index in [0.29, 0.717) is 46.6 Å². The first-order chi connectivity index (χ1) is 18.0. The molecule has 0 aliphatic carbocycles. The predicted octanol–water partition coefficient (Wildman–Crippen LogP) is 4.82. The Kier molecular flexibility index (Phi) is 7.02. The van der Waals surface area contributed by atoms with Crippen molar-refractivity contribution in [3.05, 3.63) is 77.6 Å². The number of para-hydroxylation sites is 1. The van der Waals surface area contributed by atoms with E-state index in [9.17, 15) is 18.7 Å². The fraction of sp³-hybridized carbons (Fsp3) is 0.259. The summed E-state index contributed by atoms with van der Waals surface area (Å²) in [5, 5.41) is 13.3. The number of H-pyrrole nitrogens is 1. The zero-order chi connectivity index (χ0) is 25.9. The van der Waals surface area contributed by atoms with Gasteiger partial charge in [0.15, 0.2) is 28.9 Å². The summed E-state index contributed by atoms with van der Waals surface area (Å²) in [5.41, 5.74) is 1.85. The van der Waals surface area contributed by atoms with Crippen LogP contribution >= 0.6 is 0 Å². The number of nitrogens with zero attached hydrogens (tertiary/aromatic N) is 1. The molecule has 0 unspecified atom stereocenters. The third kappa shape index (κ3) is 4.98. The predicted molar refractivity (Wildman–Crippen MR) is 132 cm³/mol. The molecular formula is C27H25F2N3O5. The topological polar surface area (TPSA) is 106 Å². The molecule has 1 fully saturated rings. The second-order valence-corrected chi connectivity index (χ2v) is 8.69. The van der Waals surface area contributed by atoms with Crippen LogP contribution < -0.4 is 14.8 Å². The standard InChI is InChI=1S/C27H25F2N3O5/c1-35-22-12-31-27-23(24(22)32-16-7-10-18(13-33)36-14-16)19(11-30-27)25(34)15-5-8-17(9-6-15)37-26-20(28)3-2-4-21(26)29/h2-6,8-9,11-12,16,18,33H,7,10,13-14H2,1H3,(H2,30,31,32)/t16-,18+/m1/s1. The molecule has 0 amide bonds. The molecule has 3 heterocycles. The summed E-state index contributed by atoms with van der Waals surface area (Å²) in [7, 11) is 1.53. The number of benzene rings is 2. The fourth-order valence-electron chi connectivity index (χ4n) is 4.35. The van der Waals surface area contributed by atoms with Crippen molar-refractivity contribution in [2.24, 2.45) is 0 Å². The van der Waals surface area contributed by atoms with Crippen LogP contribution in [0.15, 0.2) is 54.9 Å². The number of carbonyl (C=O) groups is 1. The number of fused-ring (bicyclic) bond motifs is 1. The molecule has 8 nitrogen and oxygen atoms in total. The summed E-state index contributed by atoms with van der Waals surface area (Å²) in [6.07, 6.45) is 4.46. The Morgan fingerprint density at radius 2 is 1.95 bits per heavy atom. The number of methoxy groups -OCH3 is 1. The molecule has 3 N–H and O–H groups in total. The van der Waals surface area contributed by atoms with Gasteiger partial charge in [-0.25, -0.2) is 13.8 Å². The monoisotopic (exact) mass is 509 g/mol. The van der Waals surface area contributed by atoms with Crippen molar-refractivity contribution >= 4 is 22.5 Å². The molecule has 2 aromatic heterocycles. The average molecular weight is 510 g/mol. The van der Waals surface area contributed by atoms with E-state index < -0.39 is 17.4 Å². The van der Waals surface area contributed by atoms with Crippen LogP contribution in [0.1, 0.15) is 28.8 Å². The quantitative estimate of drug-likeness (QED) is 0.292. The van der Waals surface area contributed by atoms with Crippen LogP contribution in [0.5, 0.6) is 17.2 Å². The molecular weight excluding hydrogens is 484 g/mol. The lowest BCUT2D eigenvalue weighted by Crippen LogP contribution is -2.36. The molecule has 37 heavy (non-hydrogen) atoms. The van der Waals surface area contributed by atoms with Gasteiger partial charge in [0.05, 0.1) is 49.3 Å². The van der Waals surface area contributed by atoms with Gasteiger partial charge in [-0.15, -0.1) is 0 Å². The van der Waals surface area contributed by atoms with E-state index in [2.05, 4.69) is 15.3 Å². The van der Waals surface area contributed by atoms with E-state index in [1.54, 1.807) is 12.4 Å². The van der Waals surface area contributed by atoms with E-state index >= 15 is 0 Å². The van der Waals surface area contributed by atoms with Crippen molar-refractivity contribution < 1.29 is 32.9 Å². The highest BCUT2D eigenvalue weighted by molar-refractivity contribution is 6.19. The van der Waals surface area contributed by atoms with E-state index in [1.807, 2.05) is 0 Å². The zero-order valence-electron chi connectivity index (χ0n) is 20.0. The van der Waals surface area contributed by atoms with Crippen molar-refractivity contribution in [1.29, 1.82) is 0 Å². The number of hydrogen-bond donors (Lipinski definition) is 3. The molecule has 2 aromatic carbocycles. The number of aliphatic hydroxyl groups excluding tert-OH is 1. The number of halogens is 2. The van der Waals surface area contributed by atoms with Crippen molar-refractivity contribution in [2.75, 3.05) is 25.6 Å². The number of ether oxygens (including phenoxy) is 3. The number of carbonyl (C=O) groups excluding carboxylic acids is 1. The third-order valence-electron chi connectivity index (χ3n) is 6.31. The van der Waals surface area contributed by atoms with Gasteiger partial charge in [-0.1, -0.05) is 6.07 Å². The smallest absolute Gasteiger partial charge is 0.198 e. The summed E-state index contributed by atoms with van der Waals surface area (Å²) >= 11 is 0. The number of anilines is 1. The van der Waals surface area contributed by atoms with E-state index in [4.69, 9.17) is 14.2 Å². The molecule has 1 aliphatic rings. The molecule has 0 spiro atoms. The van der Waals surface area contributed by atoms with Gasteiger partial charge in [-0.3, -0.25) is 4.79 Å². The minimum atomic E-state index is -0.823. The lowest BCUT2D eigenvalue weighted by molar-refractivity contribution is -0.0223. The van der Waals surface area contributed by atoms with Crippen LogP contribution in [0.25, 0.3) is 11.0 Å². The molecule has 0 radical (unpaired) electrons. The number of rotatable bonds is 8. The molecule has 10 heteroatoms. The highest BCUT2D eigenvalue weighted by Crippen LogP contribution is 2.36. The summed E-state index contributed by atoms with van der Waals surface area (Å²) in [6, 6.07) is 9.42. The van der Waals surface area contributed by atoms with E-state index in [1.165, 1.54) is 37.4 Å². The Morgan fingerprint density at radius 1 is 1.19 bits per heavy atom. The molecule has 0 saturated carbocycles. The lowest BCUT2D eigenvalue weighted by atomic mass is 10.0. The van der Waals surface area contributed by atoms with Gasteiger partial charge < -0.3 is 29.6 Å². The fourth-order valence-corrected chi connectivity index (χ4v) is 4.35. The van der Waals surface area contributed by atoms with Crippen LogP contribution in [-0.2, 0) is 4.74 Å². The molecule has 5 rings (SSSR count). The number of pyridine rings is 1. The number of ketones is 1. The van der Waals surface area contributed by atoms with Gasteiger partial charge in [0.25, 0.3) is 0 Å². The SMILES string of the molecule is COc1cnc2[nH]cc(C(=O)c3ccc(Oc4c(F)cccc4F)cc3)c2c1N[C@@H]1CC[C@@H](CO)OC1. The second kappa shape index (κ2) is 10.5. The third-order valence-corrected chi connectivity index (χ3v) is 6.31. The molecule has 4 aromatic rings. The minimum absolute atomic E-state index is 0.0228. The summed E-state index contributed by atoms with van der Waals surface area (Å²) < 4.78 is 44.4. The van der Waals surface area contributed by atoms with Crippen LogP contribution in [0.3, 0.4) is 0 Å². The number of aliphatic hydroxyl groups is 1. The molecule has 1 saturated heterocycles. The number of nitrogens with one attached hydrogen (secondary N) is 2. The van der Waals surface area contributed by atoms with Gasteiger partial charge in [-0.05, 0) is 49.2 Å². The highest BCUT2D eigenvalue weighted by atomic mass is 19.1. The Bertz CT molecular complexity index is 1400. The highest BCUT2D eigenvalue weighted by Gasteiger charge is 2.26. The van der Waals surface area contributed by atoms with Gasteiger partial charge in [0.2, 0.25) is 0 Å². The van der Waals surface area contributed by atoms with E-state index in [0.717, 1.165) is 18.6 Å². The van der Waals surface area contributed by atoms with Crippen molar-refractivity contribution in [1.82, 2.24) is 9.97 Å². The summed E-state index contributed by atoms with van der Waals surface area (Å²) in [5.74, 6) is -1.78. The van der Waals surface area contributed by atoms with Crippen molar-refractivity contribution in [3.63, 3.8) is 0 Å². The van der Waals surface area contributed by atoms with Gasteiger partial charge >= 0.3 is 0 Å². The van der Waals surface area contributed by atoms with Crippen LogP contribution in [0, 0.1) is 11.6 Å². The number of hydrogen-bond acceptors (Lipinski definition) is 7. The summed E-state index contributed by atoms with van der Waals surface area (Å²) in [4.78, 5) is 20.9. The Hall–Kier alpha value is -4.02. The average Bonchev–Trinajstić information content (AvgIpc) is 3.36. The van der Waals surface area contributed by atoms with Crippen molar-refractivity contribution in [3.8, 4) is 17.2 Å². The summed E-state index contributed by atoms with van der Waals surface area (Å²) in [6.45, 7) is 0.376. The molecule has 192 valence electrons. The molecule has 1 aliphatic heterocycles. The zero-order valence-corrected chi connectivity index (χ0v) is 20.0.